The highest BCUT2D eigenvalue weighted by Crippen LogP contribution is 2.42. The van der Waals surface area contributed by atoms with Gasteiger partial charge < -0.3 is 0 Å². The van der Waals surface area contributed by atoms with Crippen molar-refractivity contribution in [3.63, 3.8) is 0 Å². The first-order valence-corrected chi connectivity index (χ1v) is 8.93. The Morgan fingerprint density at radius 3 is 1.90 bits per heavy atom. The van der Waals surface area contributed by atoms with Gasteiger partial charge in [0.15, 0.2) is 0 Å². The van der Waals surface area contributed by atoms with Crippen LogP contribution in [0.2, 0.25) is 0 Å². The van der Waals surface area contributed by atoms with Crippen LogP contribution in [-0.4, -0.2) is 6.29 Å². The molecule has 0 aromatic rings. The smallest absolute Gasteiger partial charge is 0.142 e. The summed E-state index contributed by atoms with van der Waals surface area (Å²) in [6, 6.07) is 0. The summed E-state index contributed by atoms with van der Waals surface area (Å²) in [4.78, 5) is 10.2. The number of hydrogen-bond donors (Lipinski definition) is 0. The molecule has 0 bridgehead atoms. The van der Waals surface area contributed by atoms with Gasteiger partial charge in [0.25, 0.3) is 0 Å². The van der Waals surface area contributed by atoms with Gasteiger partial charge in [0, 0.05) is 0 Å². The van der Waals surface area contributed by atoms with Gasteiger partial charge in [-0.1, -0.05) is 45.1 Å². The van der Waals surface area contributed by atoms with Crippen molar-refractivity contribution in [2.75, 3.05) is 0 Å². The molecule has 1 heteroatoms. The molecule has 2 aliphatic carbocycles. The first-order valence-electron chi connectivity index (χ1n) is 8.93. The second-order valence-electron chi connectivity index (χ2n) is 7.11. The number of carbonyl (C=O) groups excluding carboxylic acids is 1. The molecule has 0 heterocycles. The van der Waals surface area contributed by atoms with Crippen LogP contribution >= 0.6 is 0 Å². The third-order valence-electron chi connectivity index (χ3n) is 5.98. The first kappa shape index (κ1) is 15.8. The van der Waals surface area contributed by atoms with Crippen molar-refractivity contribution in [3.8, 4) is 0 Å². The molecule has 0 aromatic carbocycles. The molecule has 2 saturated carbocycles. The van der Waals surface area contributed by atoms with Crippen LogP contribution in [0, 0.1) is 23.7 Å². The summed E-state index contributed by atoms with van der Waals surface area (Å²) in [5.74, 6) is 4.05. The maximum absolute atomic E-state index is 10.2. The van der Waals surface area contributed by atoms with Gasteiger partial charge in [-0.15, -0.1) is 0 Å². The fraction of sp³-hybridized carbons (Fsp3) is 0.842. The molecule has 0 aromatic heterocycles. The van der Waals surface area contributed by atoms with E-state index in [-0.39, 0.29) is 0 Å². The fourth-order valence-corrected chi connectivity index (χ4v) is 4.50. The Balaban J connectivity index is 1.64. The highest BCUT2D eigenvalue weighted by Gasteiger charge is 2.30. The molecule has 0 N–H and O–H groups in total. The molecule has 114 valence electrons. The largest absolute Gasteiger partial charge is 0.299 e. The Labute approximate surface area is 125 Å². The molecule has 0 spiro atoms. The average Bonchev–Trinajstić information content (AvgIpc) is 2.52. The van der Waals surface area contributed by atoms with E-state index in [1.165, 1.54) is 64.2 Å². The SMILES string of the molecule is CC[C@H]1CC[C@H](C2CCC(CC/C=C/C=O)CC2)CC1. The molecule has 2 fully saturated rings. The Morgan fingerprint density at radius 2 is 1.40 bits per heavy atom. The van der Waals surface area contributed by atoms with Gasteiger partial charge >= 0.3 is 0 Å². The van der Waals surface area contributed by atoms with E-state index in [9.17, 15) is 4.79 Å². The number of rotatable bonds is 6. The van der Waals surface area contributed by atoms with Crippen LogP contribution in [0.15, 0.2) is 12.2 Å². The van der Waals surface area contributed by atoms with Crippen LogP contribution in [0.1, 0.15) is 77.6 Å². The number of allylic oxidation sites excluding steroid dienone is 2. The number of aldehydes is 1. The third kappa shape index (κ3) is 4.75. The maximum atomic E-state index is 10.2. The summed E-state index contributed by atoms with van der Waals surface area (Å²) in [7, 11) is 0. The van der Waals surface area contributed by atoms with Crippen molar-refractivity contribution in [1.82, 2.24) is 0 Å². The van der Waals surface area contributed by atoms with E-state index in [1.807, 2.05) is 6.08 Å². The van der Waals surface area contributed by atoms with E-state index >= 15 is 0 Å². The van der Waals surface area contributed by atoms with Gasteiger partial charge in [-0.05, 0) is 68.3 Å². The molecule has 0 saturated heterocycles. The van der Waals surface area contributed by atoms with Crippen molar-refractivity contribution in [2.24, 2.45) is 23.7 Å². The van der Waals surface area contributed by atoms with E-state index in [2.05, 4.69) is 6.92 Å². The van der Waals surface area contributed by atoms with Crippen molar-refractivity contribution in [1.29, 1.82) is 0 Å². The van der Waals surface area contributed by atoms with Crippen molar-refractivity contribution in [2.45, 2.75) is 77.6 Å². The summed E-state index contributed by atoms with van der Waals surface area (Å²) >= 11 is 0. The number of carbonyl (C=O) groups is 1. The fourth-order valence-electron chi connectivity index (χ4n) is 4.50. The second-order valence-corrected chi connectivity index (χ2v) is 7.11. The summed E-state index contributed by atoms with van der Waals surface area (Å²) in [6.07, 6.45) is 20.2. The van der Waals surface area contributed by atoms with E-state index in [0.29, 0.717) is 0 Å². The van der Waals surface area contributed by atoms with Crippen LogP contribution in [0.5, 0.6) is 0 Å². The Morgan fingerprint density at radius 1 is 0.850 bits per heavy atom. The molecule has 0 atom stereocenters. The van der Waals surface area contributed by atoms with Crippen LogP contribution < -0.4 is 0 Å². The molecular weight excluding hydrogens is 244 g/mol. The van der Waals surface area contributed by atoms with Crippen molar-refractivity contribution >= 4 is 6.29 Å². The van der Waals surface area contributed by atoms with Gasteiger partial charge in [-0.25, -0.2) is 0 Å². The lowest BCUT2D eigenvalue weighted by Gasteiger charge is -2.37. The standard InChI is InChI=1S/C19H32O/c1-2-16-7-11-18(12-8-16)19-13-9-17(10-14-19)6-4-3-5-15-20/h3,5,15-19H,2,4,6-14H2,1H3/b5-3+/t16-,17?,18-,19?. The lowest BCUT2D eigenvalue weighted by molar-refractivity contribution is -0.104. The molecule has 1 nitrogen and oxygen atoms in total. The zero-order chi connectivity index (χ0) is 14.2. The Hall–Kier alpha value is -0.590. The summed E-state index contributed by atoms with van der Waals surface area (Å²) in [5.41, 5.74) is 0. The molecular formula is C19H32O. The molecule has 20 heavy (non-hydrogen) atoms. The van der Waals surface area contributed by atoms with Crippen LogP contribution in [0.25, 0.3) is 0 Å². The Bertz CT molecular complexity index is 291. The van der Waals surface area contributed by atoms with E-state index in [1.54, 1.807) is 6.08 Å². The molecule has 0 radical (unpaired) electrons. The van der Waals surface area contributed by atoms with Gasteiger partial charge in [0.2, 0.25) is 0 Å². The van der Waals surface area contributed by atoms with Crippen LogP contribution in [0.4, 0.5) is 0 Å². The van der Waals surface area contributed by atoms with Gasteiger partial charge in [0.05, 0.1) is 0 Å². The normalized spacial score (nSPS) is 35.2. The molecule has 0 aliphatic heterocycles. The predicted octanol–water partition coefficient (Wildman–Crippen LogP) is 5.54. The molecule has 0 amide bonds. The van der Waals surface area contributed by atoms with Crippen molar-refractivity contribution in [3.05, 3.63) is 12.2 Å². The highest BCUT2D eigenvalue weighted by atomic mass is 16.1. The third-order valence-corrected chi connectivity index (χ3v) is 5.98. The zero-order valence-electron chi connectivity index (χ0n) is 13.2. The maximum Gasteiger partial charge on any atom is 0.142 e. The minimum Gasteiger partial charge on any atom is -0.299 e. The van der Waals surface area contributed by atoms with Crippen LogP contribution in [-0.2, 0) is 4.79 Å². The molecule has 0 unspecified atom stereocenters. The highest BCUT2D eigenvalue weighted by molar-refractivity contribution is 5.64. The topological polar surface area (TPSA) is 17.1 Å². The predicted molar refractivity (Wildman–Crippen MR) is 85.6 cm³/mol. The summed E-state index contributed by atoms with van der Waals surface area (Å²) < 4.78 is 0. The molecule has 2 rings (SSSR count). The lowest BCUT2D eigenvalue weighted by atomic mass is 9.68. The second kappa shape index (κ2) is 8.64. The minimum absolute atomic E-state index is 0.892. The van der Waals surface area contributed by atoms with E-state index < -0.39 is 0 Å². The first-order chi connectivity index (χ1) is 9.83. The minimum atomic E-state index is 0.892. The summed E-state index contributed by atoms with van der Waals surface area (Å²) in [5, 5.41) is 0. The van der Waals surface area contributed by atoms with E-state index in [4.69, 9.17) is 0 Å². The van der Waals surface area contributed by atoms with Crippen molar-refractivity contribution < 1.29 is 4.79 Å². The van der Waals surface area contributed by atoms with Gasteiger partial charge in [-0.2, -0.15) is 0 Å². The van der Waals surface area contributed by atoms with Gasteiger partial charge in [0.1, 0.15) is 6.29 Å². The summed E-state index contributed by atoms with van der Waals surface area (Å²) in [6.45, 7) is 2.36. The van der Waals surface area contributed by atoms with Gasteiger partial charge in [-0.3, -0.25) is 4.79 Å². The average molecular weight is 276 g/mol. The van der Waals surface area contributed by atoms with Crippen LogP contribution in [0.3, 0.4) is 0 Å². The van der Waals surface area contributed by atoms with E-state index in [0.717, 1.165) is 36.4 Å². The zero-order valence-corrected chi connectivity index (χ0v) is 13.2. The lowest BCUT2D eigenvalue weighted by Crippen LogP contribution is -2.25. The number of hydrogen-bond acceptors (Lipinski definition) is 1. The quantitative estimate of drug-likeness (QED) is 0.459. The monoisotopic (exact) mass is 276 g/mol. The Kier molecular flexibility index (Phi) is 6.82. The molecule has 2 aliphatic rings.